The fraction of sp³-hybridized carbons (Fsp3) is 0.429. The van der Waals surface area contributed by atoms with Crippen molar-refractivity contribution < 1.29 is 13.2 Å². The van der Waals surface area contributed by atoms with Gasteiger partial charge in [-0.2, -0.15) is 13.2 Å². The van der Waals surface area contributed by atoms with Gasteiger partial charge in [-0.25, -0.2) is 9.97 Å². The zero-order chi connectivity index (χ0) is 9.73. The van der Waals surface area contributed by atoms with Crippen LogP contribution in [0.5, 0.6) is 0 Å². The molecule has 0 saturated carbocycles. The van der Waals surface area contributed by atoms with Crippen LogP contribution in [0.15, 0.2) is 18.6 Å². The number of anilines is 1. The number of aromatic nitrogens is 2. The van der Waals surface area contributed by atoms with Crippen LogP contribution in [-0.4, -0.2) is 22.7 Å². The minimum atomic E-state index is -4.12. The van der Waals surface area contributed by atoms with E-state index >= 15 is 0 Å². The summed E-state index contributed by atoms with van der Waals surface area (Å²) in [6.07, 6.45) is -2.25. The Bertz CT molecular complexity index is 247. The molecule has 1 heterocycles. The third kappa shape index (κ3) is 4.29. The lowest BCUT2D eigenvalue weighted by molar-refractivity contribution is -0.131. The molecule has 3 nitrogen and oxygen atoms in total. The highest BCUT2D eigenvalue weighted by Gasteiger charge is 2.26. The second-order valence-electron chi connectivity index (χ2n) is 2.39. The molecule has 0 amide bonds. The van der Waals surface area contributed by atoms with Gasteiger partial charge in [-0.3, -0.25) is 0 Å². The summed E-state index contributed by atoms with van der Waals surface area (Å²) in [5.74, 6) is 0.402. The zero-order valence-electron chi connectivity index (χ0n) is 6.67. The van der Waals surface area contributed by atoms with E-state index in [1.165, 1.54) is 18.6 Å². The van der Waals surface area contributed by atoms with Gasteiger partial charge in [-0.15, -0.1) is 0 Å². The average Bonchev–Trinajstić information content (AvgIpc) is 2.04. The Morgan fingerprint density at radius 2 is 2.15 bits per heavy atom. The summed E-state index contributed by atoms with van der Waals surface area (Å²) in [7, 11) is 0. The first kappa shape index (κ1) is 9.76. The first-order valence-corrected chi connectivity index (χ1v) is 3.64. The third-order valence-corrected chi connectivity index (χ3v) is 1.30. The zero-order valence-corrected chi connectivity index (χ0v) is 6.67. The van der Waals surface area contributed by atoms with E-state index in [1.807, 2.05) is 0 Å². The lowest BCUT2D eigenvalue weighted by atomic mass is 10.4. The van der Waals surface area contributed by atoms with Crippen molar-refractivity contribution in [2.24, 2.45) is 0 Å². The van der Waals surface area contributed by atoms with Gasteiger partial charge in [0.25, 0.3) is 0 Å². The number of nitrogens with one attached hydrogen (secondary N) is 1. The second kappa shape index (κ2) is 4.06. The number of hydrogen-bond donors (Lipinski definition) is 1. The smallest absolute Gasteiger partial charge is 0.370 e. The van der Waals surface area contributed by atoms with Crippen molar-refractivity contribution in [3.05, 3.63) is 18.6 Å². The fourth-order valence-electron chi connectivity index (χ4n) is 0.728. The largest absolute Gasteiger partial charge is 0.390 e. The lowest BCUT2D eigenvalue weighted by Gasteiger charge is -2.07. The first-order chi connectivity index (χ1) is 6.08. The van der Waals surface area contributed by atoms with Gasteiger partial charge < -0.3 is 5.32 Å². The highest BCUT2D eigenvalue weighted by Crippen LogP contribution is 2.18. The molecule has 6 heteroatoms. The van der Waals surface area contributed by atoms with Gasteiger partial charge in [0.1, 0.15) is 12.1 Å². The van der Waals surface area contributed by atoms with Crippen LogP contribution in [0, 0.1) is 0 Å². The van der Waals surface area contributed by atoms with E-state index in [0.717, 1.165) is 0 Å². The summed E-state index contributed by atoms with van der Waals surface area (Å²) in [5.41, 5.74) is 0. The molecule has 0 aliphatic heterocycles. The van der Waals surface area contributed by atoms with Crippen LogP contribution in [0.4, 0.5) is 19.0 Å². The van der Waals surface area contributed by atoms with Crippen molar-refractivity contribution >= 4 is 5.82 Å². The van der Waals surface area contributed by atoms with E-state index in [2.05, 4.69) is 15.3 Å². The SMILES string of the molecule is FC(F)(F)CCNc1ccncn1. The molecule has 1 aromatic rings. The van der Waals surface area contributed by atoms with Gasteiger partial charge >= 0.3 is 6.18 Å². The molecule has 0 aliphatic carbocycles. The maximum absolute atomic E-state index is 11.7. The monoisotopic (exact) mass is 191 g/mol. The Kier molecular flexibility index (Phi) is 3.05. The molecule has 1 N–H and O–H groups in total. The van der Waals surface area contributed by atoms with E-state index < -0.39 is 12.6 Å². The molecule has 1 rings (SSSR count). The van der Waals surface area contributed by atoms with Gasteiger partial charge in [0, 0.05) is 12.7 Å². The van der Waals surface area contributed by atoms with Crippen LogP contribution in [0.1, 0.15) is 6.42 Å². The highest BCUT2D eigenvalue weighted by molar-refractivity contribution is 5.31. The molecule has 0 atom stereocenters. The summed E-state index contributed by atoms with van der Waals surface area (Å²) in [6.45, 7) is -0.166. The van der Waals surface area contributed by atoms with Crippen molar-refractivity contribution in [3.63, 3.8) is 0 Å². The summed E-state index contributed by atoms with van der Waals surface area (Å²) in [6, 6.07) is 1.51. The molecule has 0 aliphatic rings. The minimum absolute atomic E-state index is 0.166. The molecular formula is C7H8F3N3. The van der Waals surface area contributed by atoms with E-state index in [9.17, 15) is 13.2 Å². The molecule has 72 valence electrons. The highest BCUT2D eigenvalue weighted by atomic mass is 19.4. The van der Waals surface area contributed by atoms with Gasteiger partial charge in [0.2, 0.25) is 0 Å². The molecule has 0 aromatic carbocycles. The van der Waals surface area contributed by atoms with Crippen LogP contribution in [0.3, 0.4) is 0 Å². The van der Waals surface area contributed by atoms with E-state index in [1.54, 1.807) is 0 Å². The quantitative estimate of drug-likeness (QED) is 0.792. The third-order valence-electron chi connectivity index (χ3n) is 1.30. The maximum Gasteiger partial charge on any atom is 0.390 e. The first-order valence-electron chi connectivity index (χ1n) is 3.64. The lowest BCUT2D eigenvalue weighted by Crippen LogP contribution is -2.15. The maximum atomic E-state index is 11.7. The van der Waals surface area contributed by atoms with Gasteiger partial charge in [-0.05, 0) is 6.07 Å². The molecule has 0 fully saturated rings. The van der Waals surface area contributed by atoms with Crippen LogP contribution >= 0.6 is 0 Å². The number of alkyl halides is 3. The molecule has 1 aromatic heterocycles. The normalized spacial score (nSPS) is 11.3. The van der Waals surface area contributed by atoms with Gasteiger partial charge in [0.15, 0.2) is 0 Å². The molecule has 0 radical (unpaired) electrons. The molecule has 0 bridgehead atoms. The molecule has 13 heavy (non-hydrogen) atoms. The molecule has 0 spiro atoms. The Morgan fingerprint density at radius 3 is 2.69 bits per heavy atom. The summed E-state index contributed by atoms with van der Waals surface area (Å²) in [4.78, 5) is 7.34. The van der Waals surface area contributed by atoms with Crippen molar-refractivity contribution in [2.45, 2.75) is 12.6 Å². The van der Waals surface area contributed by atoms with Crippen molar-refractivity contribution in [1.82, 2.24) is 9.97 Å². The standard InChI is InChI=1S/C7H8F3N3/c8-7(9,10)2-4-12-6-1-3-11-5-13-6/h1,3,5H,2,4H2,(H,11,12,13). The van der Waals surface area contributed by atoms with Gasteiger partial charge in [0.05, 0.1) is 6.42 Å². The number of halogens is 3. The fourth-order valence-corrected chi connectivity index (χ4v) is 0.728. The van der Waals surface area contributed by atoms with Crippen LogP contribution in [0.25, 0.3) is 0 Å². The van der Waals surface area contributed by atoms with Crippen molar-refractivity contribution in [3.8, 4) is 0 Å². The minimum Gasteiger partial charge on any atom is -0.370 e. The van der Waals surface area contributed by atoms with Crippen molar-refractivity contribution in [1.29, 1.82) is 0 Å². The molecular weight excluding hydrogens is 183 g/mol. The summed E-state index contributed by atoms with van der Waals surface area (Å²) < 4.78 is 35.1. The number of hydrogen-bond acceptors (Lipinski definition) is 3. The van der Waals surface area contributed by atoms with E-state index in [-0.39, 0.29) is 6.54 Å². The van der Waals surface area contributed by atoms with Crippen LogP contribution in [-0.2, 0) is 0 Å². The average molecular weight is 191 g/mol. The Hall–Kier alpha value is -1.33. The number of nitrogens with zero attached hydrogens (tertiary/aromatic N) is 2. The summed E-state index contributed by atoms with van der Waals surface area (Å²) in [5, 5.41) is 2.53. The Balaban J connectivity index is 2.29. The van der Waals surface area contributed by atoms with Crippen LogP contribution in [0.2, 0.25) is 0 Å². The predicted octanol–water partition coefficient (Wildman–Crippen LogP) is 1.84. The van der Waals surface area contributed by atoms with E-state index in [4.69, 9.17) is 0 Å². The number of rotatable bonds is 3. The predicted molar refractivity (Wildman–Crippen MR) is 41.2 cm³/mol. The van der Waals surface area contributed by atoms with E-state index in [0.29, 0.717) is 5.82 Å². The van der Waals surface area contributed by atoms with Gasteiger partial charge in [-0.1, -0.05) is 0 Å². The molecule has 0 unspecified atom stereocenters. The van der Waals surface area contributed by atoms with Crippen molar-refractivity contribution in [2.75, 3.05) is 11.9 Å². The molecule has 0 saturated heterocycles. The topological polar surface area (TPSA) is 37.8 Å². The second-order valence-corrected chi connectivity index (χ2v) is 2.39. The van der Waals surface area contributed by atoms with Crippen LogP contribution < -0.4 is 5.32 Å². The summed E-state index contributed by atoms with van der Waals surface area (Å²) >= 11 is 0. The Labute approximate surface area is 73.0 Å². The Morgan fingerprint density at radius 1 is 1.38 bits per heavy atom.